The summed E-state index contributed by atoms with van der Waals surface area (Å²) in [6, 6.07) is 5.54. The maximum Gasteiger partial charge on any atom is 0.179 e. The number of fused-ring (bicyclic) bond motifs is 1. The van der Waals surface area contributed by atoms with Crippen LogP contribution in [0.3, 0.4) is 0 Å². The summed E-state index contributed by atoms with van der Waals surface area (Å²) >= 11 is 0. The largest absolute Gasteiger partial charge is 0.392 e. The van der Waals surface area contributed by atoms with Gasteiger partial charge in [0, 0.05) is 31.1 Å². The lowest BCUT2D eigenvalue weighted by atomic mass is 9.70. The molecule has 148 valence electrons. The van der Waals surface area contributed by atoms with Crippen molar-refractivity contribution >= 4 is 15.5 Å². The van der Waals surface area contributed by atoms with Crippen LogP contribution in [-0.4, -0.2) is 39.5 Å². The molecule has 4 nitrogen and oxygen atoms in total. The fraction of sp³-hybridized carbons (Fsp3) is 0.714. The Morgan fingerprint density at radius 3 is 2.23 bits per heavy atom. The van der Waals surface area contributed by atoms with Crippen LogP contribution in [0.2, 0.25) is 0 Å². The summed E-state index contributed by atoms with van der Waals surface area (Å²) in [6.07, 6.45) is 4.80. The van der Waals surface area contributed by atoms with E-state index in [9.17, 15) is 13.5 Å². The first-order chi connectivity index (χ1) is 12.2. The molecule has 0 bridgehead atoms. The Kier molecular flexibility index (Phi) is 6.78. The van der Waals surface area contributed by atoms with Gasteiger partial charge in [0.25, 0.3) is 0 Å². The minimum absolute atomic E-state index is 0.0554. The van der Waals surface area contributed by atoms with E-state index >= 15 is 0 Å². The van der Waals surface area contributed by atoms with E-state index in [4.69, 9.17) is 0 Å². The Morgan fingerprint density at radius 1 is 1.15 bits per heavy atom. The van der Waals surface area contributed by atoms with Crippen LogP contribution in [0, 0.1) is 5.41 Å². The molecule has 1 aliphatic heterocycles. The van der Waals surface area contributed by atoms with Crippen molar-refractivity contribution in [1.82, 2.24) is 0 Å². The van der Waals surface area contributed by atoms with Crippen LogP contribution in [0.25, 0.3) is 0 Å². The third-order valence-electron chi connectivity index (χ3n) is 5.97. The van der Waals surface area contributed by atoms with Crippen LogP contribution < -0.4 is 4.90 Å². The lowest BCUT2D eigenvalue weighted by molar-refractivity contribution is 0.00802. The van der Waals surface area contributed by atoms with Gasteiger partial charge < -0.3 is 10.0 Å². The lowest BCUT2D eigenvalue weighted by Gasteiger charge is -2.39. The number of hydrogen-bond donors (Lipinski definition) is 1. The van der Waals surface area contributed by atoms with E-state index < -0.39 is 21.4 Å². The summed E-state index contributed by atoms with van der Waals surface area (Å²) in [6.45, 7) is 6.22. The van der Waals surface area contributed by atoms with Gasteiger partial charge in [-0.1, -0.05) is 46.5 Å². The van der Waals surface area contributed by atoms with E-state index in [0.717, 1.165) is 49.8 Å². The number of aliphatic hydroxyl groups is 1. The van der Waals surface area contributed by atoms with E-state index in [0.29, 0.717) is 4.90 Å². The number of aliphatic hydroxyl groups excluding tert-OH is 1. The quantitative estimate of drug-likeness (QED) is 0.762. The normalized spacial score (nSPS) is 23.9. The van der Waals surface area contributed by atoms with Crippen LogP contribution in [-0.2, 0) is 9.84 Å². The van der Waals surface area contributed by atoms with Gasteiger partial charge in [0.05, 0.1) is 16.8 Å². The zero-order valence-corrected chi connectivity index (χ0v) is 17.8. The van der Waals surface area contributed by atoms with E-state index in [-0.39, 0.29) is 11.7 Å². The van der Waals surface area contributed by atoms with Crippen LogP contribution in [0.4, 0.5) is 5.69 Å². The molecule has 0 saturated carbocycles. The first kappa shape index (κ1) is 21.2. The molecule has 1 N–H and O–H groups in total. The maximum absolute atomic E-state index is 13.3. The second-order valence-corrected chi connectivity index (χ2v) is 10.1. The van der Waals surface area contributed by atoms with Gasteiger partial charge in [0.1, 0.15) is 0 Å². The summed E-state index contributed by atoms with van der Waals surface area (Å²) in [4.78, 5) is 2.38. The van der Waals surface area contributed by atoms with Gasteiger partial charge in [-0.15, -0.1) is 0 Å². The van der Waals surface area contributed by atoms with Gasteiger partial charge in [-0.3, -0.25) is 0 Å². The first-order valence-corrected chi connectivity index (χ1v) is 11.6. The van der Waals surface area contributed by atoms with Gasteiger partial charge in [-0.2, -0.15) is 0 Å². The van der Waals surface area contributed by atoms with Crippen molar-refractivity contribution in [2.24, 2.45) is 5.41 Å². The number of benzene rings is 1. The fourth-order valence-electron chi connectivity index (χ4n) is 4.32. The monoisotopic (exact) mass is 381 g/mol. The van der Waals surface area contributed by atoms with Crippen molar-refractivity contribution in [3.05, 3.63) is 23.8 Å². The van der Waals surface area contributed by atoms with Crippen molar-refractivity contribution in [3.63, 3.8) is 0 Å². The second kappa shape index (κ2) is 8.30. The zero-order chi connectivity index (χ0) is 19.5. The molecule has 1 aromatic carbocycles. The van der Waals surface area contributed by atoms with Crippen molar-refractivity contribution < 1.29 is 13.5 Å². The topological polar surface area (TPSA) is 57.6 Å². The van der Waals surface area contributed by atoms with Gasteiger partial charge >= 0.3 is 0 Å². The molecule has 1 heterocycles. The molecule has 2 rings (SSSR count). The average Bonchev–Trinajstić information content (AvgIpc) is 2.67. The van der Waals surface area contributed by atoms with Crippen molar-refractivity contribution in [1.29, 1.82) is 0 Å². The van der Waals surface area contributed by atoms with Crippen LogP contribution in [0.5, 0.6) is 0 Å². The number of anilines is 1. The Morgan fingerprint density at radius 2 is 1.73 bits per heavy atom. The number of hydrogen-bond acceptors (Lipinski definition) is 4. The molecule has 0 spiro atoms. The Labute approximate surface area is 159 Å². The molecule has 5 heteroatoms. The molecule has 0 fully saturated rings. The zero-order valence-electron chi connectivity index (χ0n) is 17.0. The van der Waals surface area contributed by atoms with E-state index in [1.807, 2.05) is 38.1 Å². The molecule has 1 aliphatic rings. The molecule has 0 amide bonds. The smallest absolute Gasteiger partial charge is 0.179 e. The van der Waals surface area contributed by atoms with Gasteiger partial charge in [0.15, 0.2) is 9.84 Å². The minimum atomic E-state index is -3.43. The Bertz CT molecular complexity index is 704. The van der Waals surface area contributed by atoms with Crippen LogP contribution in [0.15, 0.2) is 23.1 Å². The van der Waals surface area contributed by atoms with E-state index in [1.54, 1.807) is 6.07 Å². The summed E-state index contributed by atoms with van der Waals surface area (Å²) in [5.74, 6) is -0.143. The second-order valence-electron chi connectivity index (χ2n) is 8.18. The van der Waals surface area contributed by atoms with E-state index in [1.165, 1.54) is 0 Å². The molecule has 2 unspecified atom stereocenters. The van der Waals surface area contributed by atoms with Gasteiger partial charge in [-0.05, 0) is 36.6 Å². The summed E-state index contributed by atoms with van der Waals surface area (Å²) in [5, 5.41) is 11.4. The SMILES string of the molecule is CCCCC1(CCCC)CS(=O)(=O)c2ccc(N(C)C)cc2C(C)C1O. The van der Waals surface area contributed by atoms with Crippen molar-refractivity contribution in [2.45, 2.75) is 76.2 Å². The molecule has 0 aromatic heterocycles. The third kappa shape index (κ3) is 4.09. The van der Waals surface area contributed by atoms with Gasteiger partial charge in [-0.25, -0.2) is 8.42 Å². The molecule has 0 saturated heterocycles. The molecule has 1 aromatic rings. The highest BCUT2D eigenvalue weighted by Gasteiger charge is 2.47. The standard InChI is InChI=1S/C21H35NO3S/c1-6-8-12-21(13-9-7-2)15-26(24,25)19-11-10-17(22(4)5)14-18(19)16(3)20(21)23/h10-11,14,16,20,23H,6-9,12-13,15H2,1-5H3. The lowest BCUT2D eigenvalue weighted by Crippen LogP contribution is -2.42. The molecule has 26 heavy (non-hydrogen) atoms. The maximum atomic E-state index is 13.3. The van der Waals surface area contributed by atoms with E-state index in [2.05, 4.69) is 13.8 Å². The number of nitrogens with zero attached hydrogens (tertiary/aromatic N) is 1. The molecular weight excluding hydrogens is 346 g/mol. The van der Waals surface area contributed by atoms with Crippen molar-refractivity contribution in [3.8, 4) is 0 Å². The third-order valence-corrected chi connectivity index (χ3v) is 7.97. The number of sulfone groups is 1. The highest BCUT2D eigenvalue weighted by atomic mass is 32.2. The molecule has 0 radical (unpaired) electrons. The minimum Gasteiger partial charge on any atom is -0.392 e. The Balaban J connectivity index is 2.59. The van der Waals surface area contributed by atoms with Crippen LogP contribution >= 0.6 is 0 Å². The predicted molar refractivity (Wildman–Crippen MR) is 109 cm³/mol. The first-order valence-electron chi connectivity index (χ1n) is 9.90. The Hall–Kier alpha value is -1.07. The highest BCUT2D eigenvalue weighted by Crippen LogP contribution is 2.47. The summed E-state index contributed by atoms with van der Waals surface area (Å²) in [7, 11) is 0.457. The van der Waals surface area contributed by atoms with Crippen LogP contribution in [0.1, 0.15) is 70.8 Å². The average molecular weight is 382 g/mol. The molecule has 2 atom stereocenters. The predicted octanol–water partition coefficient (Wildman–Crippen LogP) is 4.37. The van der Waals surface area contributed by atoms with Crippen molar-refractivity contribution in [2.75, 3.05) is 24.7 Å². The number of unbranched alkanes of at least 4 members (excludes halogenated alkanes) is 2. The summed E-state index contributed by atoms with van der Waals surface area (Å²) in [5.41, 5.74) is 1.17. The highest BCUT2D eigenvalue weighted by molar-refractivity contribution is 7.91. The number of rotatable bonds is 7. The molecule has 0 aliphatic carbocycles. The van der Waals surface area contributed by atoms with Gasteiger partial charge in [0.2, 0.25) is 0 Å². The summed E-state index contributed by atoms with van der Waals surface area (Å²) < 4.78 is 26.6. The fourth-order valence-corrected chi connectivity index (χ4v) is 6.57. The molecular formula is C21H35NO3S.